The lowest BCUT2D eigenvalue weighted by molar-refractivity contribution is 0.357. The largest absolute Gasteiger partial charge is 0.493 e. The number of rotatable bonds is 2. The monoisotopic (exact) mass is 254 g/mol. The first-order valence-corrected chi connectivity index (χ1v) is 6.60. The Morgan fingerprint density at radius 3 is 2.84 bits per heavy atom. The highest BCUT2D eigenvalue weighted by Gasteiger charge is 2.17. The van der Waals surface area contributed by atoms with Crippen LogP contribution in [0, 0.1) is 13.8 Å². The first-order chi connectivity index (χ1) is 9.15. The molecule has 1 atom stereocenters. The summed E-state index contributed by atoms with van der Waals surface area (Å²) in [6.45, 7) is 4.78. The molecule has 1 unspecified atom stereocenters. The fourth-order valence-electron chi connectivity index (χ4n) is 2.61. The van der Waals surface area contributed by atoms with Gasteiger partial charge in [0.2, 0.25) is 0 Å². The van der Waals surface area contributed by atoms with E-state index in [4.69, 9.17) is 10.5 Å². The average Bonchev–Trinajstić information content (AvgIpc) is 2.85. The second kappa shape index (κ2) is 4.67. The summed E-state index contributed by atoms with van der Waals surface area (Å²) in [7, 11) is 0. The number of ether oxygens (including phenoxy) is 1. The highest BCUT2D eigenvalue weighted by Crippen LogP contribution is 2.30. The molecule has 0 fully saturated rings. The summed E-state index contributed by atoms with van der Waals surface area (Å²) < 4.78 is 5.53. The van der Waals surface area contributed by atoms with E-state index in [1.165, 1.54) is 5.56 Å². The molecule has 1 aliphatic rings. The second-order valence-corrected chi connectivity index (χ2v) is 5.07. The van der Waals surface area contributed by atoms with Crippen molar-refractivity contribution in [3.8, 4) is 5.75 Å². The maximum absolute atomic E-state index is 6.38. The summed E-state index contributed by atoms with van der Waals surface area (Å²) in [5, 5.41) is 0. The first-order valence-electron chi connectivity index (χ1n) is 6.60. The van der Waals surface area contributed by atoms with E-state index in [1.807, 2.05) is 32.0 Å². The molecule has 1 aliphatic heterocycles. The molecule has 1 aromatic heterocycles. The Kier molecular flexibility index (Phi) is 2.99. The third-order valence-corrected chi connectivity index (χ3v) is 3.67. The van der Waals surface area contributed by atoms with Crippen molar-refractivity contribution in [2.45, 2.75) is 26.3 Å². The van der Waals surface area contributed by atoms with Gasteiger partial charge in [0.05, 0.1) is 12.6 Å². The summed E-state index contributed by atoms with van der Waals surface area (Å²) in [5.41, 5.74) is 11.9. The molecule has 0 spiro atoms. The topological polar surface area (TPSA) is 48.1 Å². The molecule has 0 amide bonds. The molecule has 3 rings (SSSR count). The number of aryl methyl sites for hydroxylation is 2. The van der Waals surface area contributed by atoms with Gasteiger partial charge in [-0.2, -0.15) is 0 Å². The van der Waals surface area contributed by atoms with Crippen LogP contribution in [0.25, 0.3) is 0 Å². The van der Waals surface area contributed by atoms with Crippen LogP contribution in [-0.4, -0.2) is 11.6 Å². The Bertz CT molecular complexity index is 622. The van der Waals surface area contributed by atoms with E-state index in [-0.39, 0.29) is 6.04 Å². The standard InChI is InChI=1S/C16H18N2O/c1-10-3-5-14(11(2)18-10)16(17)13-4-6-15-12(9-13)7-8-19-15/h3-6,9,16H,7-8,17H2,1-2H3. The van der Waals surface area contributed by atoms with Gasteiger partial charge in [-0.05, 0) is 42.7 Å². The van der Waals surface area contributed by atoms with Gasteiger partial charge >= 0.3 is 0 Å². The van der Waals surface area contributed by atoms with Crippen LogP contribution in [0.1, 0.15) is 34.1 Å². The average molecular weight is 254 g/mol. The first kappa shape index (κ1) is 12.2. The van der Waals surface area contributed by atoms with Gasteiger partial charge in [-0.15, -0.1) is 0 Å². The van der Waals surface area contributed by atoms with E-state index >= 15 is 0 Å². The molecular formula is C16H18N2O. The lowest BCUT2D eigenvalue weighted by Gasteiger charge is -2.16. The molecule has 0 aliphatic carbocycles. The molecule has 3 nitrogen and oxygen atoms in total. The van der Waals surface area contributed by atoms with E-state index in [1.54, 1.807) is 0 Å². The quantitative estimate of drug-likeness (QED) is 0.896. The molecule has 0 saturated carbocycles. The highest BCUT2D eigenvalue weighted by atomic mass is 16.5. The number of nitrogens with two attached hydrogens (primary N) is 1. The number of nitrogens with zero attached hydrogens (tertiary/aromatic N) is 1. The number of hydrogen-bond donors (Lipinski definition) is 1. The van der Waals surface area contributed by atoms with Crippen molar-refractivity contribution < 1.29 is 4.74 Å². The van der Waals surface area contributed by atoms with Gasteiger partial charge in [0.1, 0.15) is 5.75 Å². The summed E-state index contributed by atoms with van der Waals surface area (Å²) in [6, 6.07) is 10.2. The van der Waals surface area contributed by atoms with Crippen LogP contribution in [-0.2, 0) is 6.42 Å². The zero-order valence-electron chi connectivity index (χ0n) is 11.3. The van der Waals surface area contributed by atoms with Crippen molar-refractivity contribution in [3.63, 3.8) is 0 Å². The molecule has 19 heavy (non-hydrogen) atoms. The minimum atomic E-state index is -0.126. The Hall–Kier alpha value is -1.87. The van der Waals surface area contributed by atoms with Crippen LogP contribution in [0.4, 0.5) is 0 Å². The van der Waals surface area contributed by atoms with Gasteiger partial charge in [-0.1, -0.05) is 18.2 Å². The highest BCUT2D eigenvalue weighted by molar-refractivity contribution is 5.43. The lowest BCUT2D eigenvalue weighted by Crippen LogP contribution is -2.14. The van der Waals surface area contributed by atoms with Crippen molar-refractivity contribution in [1.29, 1.82) is 0 Å². The van der Waals surface area contributed by atoms with E-state index in [9.17, 15) is 0 Å². The molecule has 1 aromatic carbocycles. The Labute approximate surface area is 113 Å². The third kappa shape index (κ3) is 2.22. The fraction of sp³-hybridized carbons (Fsp3) is 0.312. The van der Waals surface area contributed by atoms with Crippen LogP contribution in [0.3, 0.4) is 0 Å². The minimum absolute atomic E-state index is 0.126. The lowest BCUT2D eigenvalue weighted by atomic mass is 9.96. The van der Waals surface area contributed by atoms with Crippen molar-refractivity contribution in [3.05, 3.63) is 58.4 Å². The van der Waals surface area contributed by atoms with Crippen LogP contribution >= 0.6 is 0 Å². The zero-order chi connectivity index (χ0) is 13.4. The van der Waals surface area contributed by atoms with Gasteiger partial charge in [-0.25, -0.2) is 0 Å². The molecule has 0 saturated heterocycles. The minimum Gasteiger partial charge on any atom is -0.493 e. The molecule has 0 bridgehead atoms. The van der Waals surface area contributed by atoms with E-state index < -0.39 is 0 Å². The Morgan fingerprint density at radius 1 is 1.21 bits per heavy atom. The van der Waals surface area contributed by atoms with Gasteiger partial charge in [0.15, 0.2) is 0 Å². The normalized spacial score (nSPS) is 14.9. The van der Waals surface area contributed by atoms with Gasteiger partial charge < -0.3 is 10.5 Å². The maximum Gasteiger partial charge on any atom is 0.122 e. The Morgan fingerprint density at radius 2 is 2.05 bits per heavy atom. The number of fused-ring (bicyclic) bond motifs is 1. The van der Waals surface area contributed by atoms with Gasteiger partial charge in [0, 0.05) is 17.8 Å². The van der Waals surface area contributed by atoms with E-state index in [2.05, 4.69) is 17.1 Å². The van der Waals surface area contributed by atoms with Crippen molar-refractivity contribution >= 4 is 0 Å². The Balaban J connectivity index is 1.97. The molecule has 3 heteroatoms. The summed E-state index contributed by atoms with van der Waals surface area (Å²) >= 11 is 0. The molecule has 2 aromatic rings. The van der Waals surface area contributed by atoms with E-state index in [0.29, 0.717) is 0 Å². The SMILES string of the molecule is Cc1ccc(C(N)c2ccc3c(c2)CCO3)c(C)n1. The summed E-state index contributed by atoms with van der Waals surface area (Å²) in [4.78, 5) is 4.49. The van der Waals surface area contributed by atoms with Crippen molar-refractivity contribution in [1.82, 2.24) is 4.98 Å². The molecule has 0 radical (unpaired) electrons. The van der Waals surface area contributed by atoms with E-state index in [0.717, 1.165) is 41.3 Å². The van der Waals surface area contributed by atoms with Gasteiger partial charge in [-0.3, -0.25) is 4.98 Å². The number of aromatic nitrogens is 1. The van der Waals surface area contributed by atoms with Crippen LogP contribution < -0.4 is 10.5 Å². The van der Waals surface area contributed by atoms with Crippen LogP contribution in [0.5, 0.6) is 5.75 Å². The van der Waals surface area contributed by atoms with Crippen LogP contribution in [0.15, 0.2) is 30.3 Å². The maximum atomic E-state index is 6.38. The van der Waals surface area contributed by atoms with Gasteiger partial charge in [0.25, 0.3) is 0 Å². The van der Waals surface area contributed by atoms with Crippen molar-refractivity contribution in [2.24, 2.45) is 5.73 Å². The predicted molar refractivity (Wildman–Crippen MR) is 75.4 cm³/mol. The number of hydrogen-bond acceptors (Lipinski definition) is 3. The smallest absolute Gasteiger partial charge is 0.122 e. The molecule has 98 valence electrons. The number of benzene rings is 1. The summed E-state index contributed by atoms with van der Waals surface area (Å²) in [6.07, 6.45) is 0.973. The molecule has 2 heterocycles. The number of pyridine rings is 1. The predicted octanol–water partition coefficient (Wildman–Crippen LogP) is 2.68. The third-order valence-electron chi connectivity index (χ3n) is 3.67. The zero-order valence-corrected chi connectivity index (χ0v) is 11.3. The summed E-state index contributed by atoms with van der Waals surface area (Å²) in [5.74, 6) is 0.995. The fourth-order valence-corrected chi connectivity index (χ4v) is 2.61. The van der Waals surface area contributed by atoms with Crippen LogP contribution in [0.2, 0.25) is 0 Å². The molecule has 2 N–H and O–H groups in total. The van der Waals surface area contributed by atoms with Crippen molar-refractivity contribution in [2.75, 3.05) is 6.61 Å². The second-order valence-electron chi connectivity index (χ2n) is 5.07. The molecular weight excluding hydrogens is 236 g/mol.